The molecule has 2 N–H and O–H groups in total. The van der Waals surface area contributed by atoms with Gasteiger partial charge >= 0.3 is 0 Å². The third-order valence-corrected chi connectivity index (χ3v) is 2.95. The SMILES string of the molecule is C#CCO[C@H]1[C@H]2OC(C)(C)O[C@H]2O[C@@H]1[C@@H](O)CO. The van der Waals surface area contributed by atoms with E-state index < -0.39 is 43.1 Å². The Bertz CT molecular complexity index is 336. The van der Waals surface area contributed by atoms with Gasteiger partial charge in [-0.2, -0.15) is 0 Å². The predicted octanol–water partition coefficient (Wildman–Crippen LogP) is -0.766. The molecule has 2 saturated heterocycles. The van der Waals surface area contributed by atoms with Crippen LogP contribution in [0, 0.1) is 12.3 Å². The molecule has 6 nitrogen and oxygen atoms in total. The maximum Gasteiger partial charge on any atom is 0.190 e. The molecular formula is C12H18O6. The number of aliphatic hydroxyl groups excluding tert-OH is 2. The highest BCUT2D eigenvalue weighted by Crippen LogP contribution is 2.39. The van der Waals surface area contributed by atoms with E-state index in [0.717, 1.165) is 0 Å². The van der Waals surface area contributed by atoms with Crippen molar-refractivity contribution < 1.29 is 29.2 Å². The molecule has 0 saturated carbocycles. The van der Waals surface area contributed by atoms with E-state index in [9.17, 15) is 5.11 Å². The van der Waals surface area contributed by atoms with Crippen LogP contribution in [0.5, 0.6) is 0 Å². The normalized spacial score (nSPS) is 39.3. The quantitative estimate of drug-likeness (QED) is 0.645. The van der Waals surface area contributed by atoms with E-state index in [4.69, 9.17) is 30.5 Å². The molecule has 0 aliphatic carbocycles. The fourth-order valence-corrected chi connectivity index (χ4v) is 2.25. The lowest BCUT2D eigenvalue weighted by Crippen LogP contribution is -2.44. The lowest BCUT2D eigenvalue weighted by Gasteiger charge is -2.27. The maximum atomic E-state index is 9.69. The van der Waals surface area contributed by atoms with Gasteiger partial charge in [-0.3, -0.25) is 0 Å². The average Bonchev–Trinajstić information content (AvgIpc) is 2.77. The predicted molar refractivity (Wildman–Crippen MR) is 60.4 cm³/mol. The number of aliphatic hydroxyl groups is 2. The largest absolute Gasteiger partial charge is 0.394 e. The highest BCUT2D eigenvalue weighted by molar-refractivity contribution is 4.98. The van der Waals surface area contributed by atoms with Gasteiger partial charge in [-0.05, 0) is 13.8 Å². The Morgan fingerprint density at radius 1 is 1.44 bits per heavy atom. The molecule has 6 heteroatoms. The van der Waals surface area contributed by atoms with Crippen LogP contribution in [0.15, 0.2) is 0 Å². The first-order chi connectivity index (χ1) is 8.48. The van der Waals surface area contributed by atoms with Gasteiger partial charge in [0, 0.05) is 0 Å². The molecule has 0 aromatic rings. The Balaban J connectivity index is 2.10. The van der Waals surface area contributed by atoms with Crippen LogP contribution in [0.25, 0.3) is 0 Å². The Kier molecular flexibility index (Phi) is 3.92. The van der Waals surface area contributed by atoms with Crippen LogP contribution in [-0.2, 0) is 18.9 Å². The molecule has 102 valence electrons. The van der Waals surface area contributed by atoms with Gasteiger partial charge in [0.25, 0.3) is 0 Å². The molecule has 0 aromatic carbocycles. The van der Waals surface area contributed by atoms with Crippen LogP contribution in [0.1, 0.15) is 13.8 Å². The van der Waals surface area contributed by atoms with E-state index in [1.165, 1.54) is 0 Å². The zero-order valence-electron chi connectivity index (χ0n) is 10.4. The third kappa shape index (κ3) is 2.52. The number of hydrogen-bond donors (Lipinski definition) is 2. The standard InChI is InChI=1S/C12H18O6/c1-4-5-15-9-8(7(14)6-13)16-11-10(9)17-12(2,3)18-11/h1,7-11,13-14H,5-6H2,2-3H3/t7-,8+,9+,10+,11+/m0/s1. The van der Waals surface area contributed by atoms with Crippen molar-refractivity contribution in [3.05, 3.63) is 0 Å². The zero-order valence-corrected chi connectivity index (χ0v) is 10.4. The minimum atomic E-state index is -1.06. The van der Waals surface area contributed by atoms with Crippen LogP contribution < -0.4 is 0 Å². The molecule has 0 aromatic heterocycles. The molecule has 2 aliphatic rings. The summed E-state index contributed by atoms with van der Waals surface area (Å²) in [6.45, 7) is 3.19. The molecular weight excluding hydrogens is 240 g/mol. The second-order valence-electron chi connectivity index (χ2n) is 4.80. The molecule has 2 aliphatic heterocycles. The molecule has 0 radical (unpaired) electrons. The van der Waals surface area contributed by atoms with Crippen molar-refractivity contribution in [1.82, 2.24) is 0 Å². The Morgan fingerprint density at radius 3 is 2.78 bits per heavy atom. The second kappa shape index (κ2) is 5.13. The smallest absolute Gasteiger partial charge is 0.190 e. The van der Waals surface area contributed by atoms with Crippen molar-refractivity contribution in [3.8, 4) is 12.3 Å². The highest BCUT2D eigenvalue weighted by atomic mass is 16.8. The summed E-state index contributed by atoms with van der Waals surface area (Å²) >= 11 is 0. The summed E-state index contributed by atoms with van der Waals surface area (Å²) in [5.74, 6) is 1.59. The summed E-state index contributed by atoms with van der Waals surface area (Å²) in [5, 5.41) is 18.7. The van der Waals surface area contributed by atoms with Gasteiger partial charge in [0.15, 0.2) is 12.1 Å². The maximum absolute atomic E-state index is 9.69. The van der Waals surface area contributed by atoms with Crippen molar-refractivity contribution in [2.75, 3.05) is 13.2 Å². The highest BCUT2D eigenvalue weighted by Gasteiger charge is 2.56. The fourth-order valence-electron chi connectivity index (χ4n) is 2.25. The van der Waals surface area contributed by atoms with E-state index >= 15 is 0 Å². The van der Waals surface area contributed by atoms with Crippen molar-refractivity contribution in [3.63, 3.8) is 0 Å². The summed E-state index contributed by atoms with van der Waals surface area (Å²) in [7, 11) is 0. The van der Waals surface area contributed by atoms with E-state index in [2.05, 4.69) is 5.92 Å². The molecule has 2 rings (SSSR count). The molecule has 2 fully saturated rings. The van der Waals surface area contributed by atoms with Gasteiger partial charge in [0.1, 0.15) is 31.0 Å². The molecule has 0 unspecified atom stereocenters. The van der Waals surface area contributed by atoms with Gasteiger partial charge < -0.3 is 29.2 Å². The number of ether oxygens (including phenoxy) is 4. The average molecular weight is 258 g/mol. The molecule has 18 heavy (non-hydrogen) atoms. The van der Waals surface area contributed by atoms with E-state index in [1.807, 2.05) is 0 Å². The van der Waals surface area contributed by atoms with Crippen LogP contribution in [0.2, 0.25) is 0 Å². The molecule has 0 spiro atoms. The summed E-state index contributed by atoms with van der Waals surface area (Å²) in [6, 6.07) is 0. The molecule has 0 amide bonds. The number of hydrogen-bond acceptors (Lipinski definition) is 6. The first-order valence-corrected chi connectivity index (χ1v) is 5.83. The minimum absolute atomic E-state index is 0.0791. The summed E-state index contributed by atoms with van der Waals surface area (Å²) in [4.78, 5) is 0. The Labute approximate surface area is 106 Å². The van der Waals surface area contributed by atoms with Crippen molar-refractivity contribution in [1.29, 1.82) is 0 Å². The van der Waals surface area contributed by atoms with Gasteiger partial charge in [0.05, 0.1) is 6.61 Å². The van der Waals surface area contributed by atoms with Crippen molar-refractivity contribution in [2.24, 2.45) is 0 Å². The van der Waals surface area contributed by atoms with E-state index in [0.29, 0.717) is 0 Å². The molecule has 0 bridgehead atoms. The van der Waals surface area contributed by atoms with E-state index in [1.54, 1.807) is 13.8 Å². The van der Waals surface area contributed by atoms with Gasteiger partial charge in [-0.1, -0.05) is 5.92 Å². The monoisotopic (exact) mass is 258 g/mol. The van der Waals surface area contributed by atoms with Crippen molar-refractivity contribution in [2.45, 2.75) is 50.3 Å². The van der Waals surface area contributed by atoms with Crippen molar-refractivity contribution >= 4 is 0 Å². The third-order valence-electron chi connectivity index (χ3n) is 2.95. The summed E-state index contributed by atoms with van der Waals surface area (Å²) in [6.07, 6.45) is 1.74. The molecule has 5 atom stereocenters. The van der Waals surface area contributed by atoms with Gasteiger partial charge in [-0.25, -0.2) is 0 Å². The van der Waals surface area contributed by atoms with Crippen LogP contribution in [-0.4, -0.2) is 59.9 Å². The molecule has 2 heterocycles. The number of rotatable bonds is 4. The van der Waals surface area contributed by atoms with E-state index in [-0.39, 0.29) is 6.61 Å². The Morgan fingerprint density at radius 2 is 2.17 bits per heavy atom. The fraction of sp³-hybridized carbons (Fsp3) is 0.833. The zero-order chi connectivity index (χ0) is 13.3. The van der Waals surface area contributed by atoms with Crippen LogP contribution >= 0.6 is 0 Å². The lowest BCUT2D eigenvalue weighted by atomic mass is 10.1. The van der Waals surface area contributed by atoms with Gasteiger partial charge in [-0.15, -0.1) is 6.42 Å². The summed E-state index contributed by atoms with van der Waals surface area (Å²) < 4.78 is 22.2. The number of fused-ring (bicyclic) bond motifs is 1. The van der Waals surface area contributed by atoms with Gasteiger partial charge in [0.2, 0.25) is 0 Å². The first-order valence-electron chi connectivity index (χ1n) is 5.83. The summed E-state index contributed by atoms with van der Waals surface area (Å²) in [5.41, 5.74) is 0. The van der Waals surface area contributed by atoms with Crippen LogP contribution in [0.4, 0.5) is 0 Å². The first kappa shape index (κ1) is 13.7. The topological polar surface area (TPSA) is 77.4 Å². The minimum Gasteiger partial charge on any atom is -0.394 e. The lowest BCUT2D eigenvalue weighted by molar-refractivity contribution is -0.230. The number of terminal acetylenes is 1. The van der Waals surface area contributed by atoms with Crippen LogP contribution in [0.3, 0.4) is 0 Å². The Hall–Kier alpha value is -0.680. The second-order valence-corrected chi connectivity index (χ2v) is 4.80.